The fourth-order valence-corrected chi connectivity index (χ4v) is 2.12. The predicted molar refractivity (Wildman–Crippen MR) is 74.4 cm³/mol. The van der Waals surface area contributed by atoms with E-state index in [1.54, 1.807) is 0 Å². The van der Waals surface area contributed by atoms with Crippen LogP contribution in [0.4, 0.5) is 0 Å². The van der Waals surface area contributed by atoms with E-state index in [4.69, 9.17) is 17.3 Å². The molecule has 0 bridgehead atoms. The van der Waals surface area contributed by atoms with Crippen molar-refractivity contribution in [3.63, 3.8) is 0 Å². The van der Waals surface area contributed by atoms with Crippen molar-refractivity contribution in [3.8, 4) is 0 Å². The zero-order valence-corrected chi connectivity index (χ0v) is 11.6. The number of β-amino-alcohol motifs (C(OH)–C–C–N with tert-alkyl or cyclic N) is 1. The van der Waals surface area contributed by atoms with Crippen LogP contribution in [0, 0.1) is 0 Å². The Balaban J connectivity index is 2.14. The molecule has 104 valence electrons. The molecule has 0 atom stereocenters. The summed E-state index contributed by atoms with van der Waals surface area (Å²) in [5.41, 5.74) is 0. The molecule has 1 fully saturated rings. The van der Waals surface area contributed by atoms with E-state index in [0.717, 1.165) is 37.8 Å². The van der Waals surface area contributed by atoms with Crippen molar-refractivity contribution in [1.82, 2.24) is 20.4 Å². The van der Waals surface area contributed by atoms with Gasteiger partial charge in [0.25, 0.3) is 0 Å². The Morgan fingerprint density at radius 3 is 2.39 bits per heavy atom. The zero-order chi connectivity index (χ0) is 13.4. The average molecular weight is 274 g/mol. The number of nitrogens with zero attached hydrogens (tertiary/aromatic N) is 2. The fourth-order valence-electron chi connectivity index (χ4n) is 1.84. The maximum absolute atomic E-state index is 10.7. The quantitative estimate of drug-likeness (QED) is 0.424. The van der Waals surface area contributed by atoms with Crippen LogP contribution in [0.15, 0.2) is 0 Å². The number of amides is 1. The summed E-state index contributed by atoms with van der Waals surface area (Å²) in [6.45, 7) is 7.28. The van der Waals surface area contributed by atoms with Gasteiger partial charge in [-0.05, 0) is 12.2 Å². The third kappa shape index (κ3) is 5.61. The lowest BCUT2D eigenvalue weighted by Gasteiger charge is -2.35. The number of aliphatic hydroxyl groups excluding tert-OH is 1. The predicted octanol–water partition coefficient (Wildman–Crippen LogP) is -1.39. The largest absolute Gasteiger partial charge is 0.395 e. The monoisotopic (exact) mass is 274 g/mol. The average Bonchev–Trinajstić information content (AvgIpc) is 2.35. The lowest BCUT2D eigenvalue weighted by molar-refractivity contribution is -0.118. The molecule has 0 aliphatic carbocycles. The Kier molecular flexibility index (Phi) is 6.92. The number of rotatable bonds is 5. The Labute approximate surface area is 113 Å². The summed E-state index contributed by atoms with van der Waals surface area (Å²) < 4.78 is 0. The highest BCUT2D eigenvalue weighted by Crippen LogP contribution is 2.01. The van der Waals surface area contributed by atoms with Crippen LogP contribution in [-0.4, -0.2) is 78.3 Å². The summed E-state index contributed by atoms with van der Waals surface area (Å²) in [5.74, 6) is -0.0275. The number of carbonyl (C=O) groups excluding carboxylic acids is 1. The number of hydrogen-bond acceptors (Lipinski definition) is 4. The lowest BCUT2D eigenvalue weighted by Crippen LogP contribution is -2.52. The van der Waals surface area contributed by atoms with E-state index in [2.05, 4.69) is 20.4 Å². The summed E-state index contributed by atoms with van der Waals surface area (Å²) >= 11 is 5.29. The second kappa shape index (κ2) is 8.23. The standard InChI is InChI=1S/C11H22N4O2S/c1-10(17)12-2-3-13-11(18)15-6-4-14(5-7-15)8-9-16/h16H,2-9H2,1H3,(H,12,17)(H,13,18). The van der Waals surface area contributed by atoms with Gasteiger partial charge in [-0.2, -0.15) is 0 Å². The molecule has 0 unspecified atom stereocenters. The van der Waals surface area contributed by atoms with Crippen molar-refractivity contribution < 1.29 is 9.90 Å². The van der Waals surface area contributed by atoms with Gasteiger partial charge >= 0.3 is 0 Å². The van der Waals surface area contributed by atoms with Gasteiger partial charge < -0.3 is 20.6 Å². The molecular weight excluding hydrogens is 252 g/mol. The maximum atomic E-state index is 10.7. The minimum absolute atomic E-state index is 0.0275. The van der Waals surface area contributed by atoms with Crippen LogP contribution in [0.2, 0.25) is 0 Å². The summed E-state index contributed by atoms with van der Waals surface area (Å²) in [4.78, 5) is 15.0. The molecule has 1 aliphatic heterocycles. The summed E-state index contributed by atoms with van der Waals surface area (Å²) in [6.07, 6.45) is 0. The molecule has 7 heteroatoms. The Morgan fingerprint density at radius 2 is 1.83 bits per heavy atom. The normalized spacial score (nSPS) is 16.4. The topological polar surface area (TPSA) is 67.8 Å². The first-order chi connectivity index (χ1) is 8.63. The second-order valence-corrected chi connectivity index (χ2v) is 4.65. The van der Waals surface area contributed by atoms with Crippen molar-refractivity contribution in [1.29, 1.82) is 0 Å². The van der Waals surface area contributed by atoms with Gasteiger partial charge in [-0.15, -0.1) is 0 Å². The van der Waals surface area contributed by atoms with Crippen LogP contribution >= 0.6 is 12.2 Å². The molecule has 1 aliphatic rings. The van der Waals surface area contributed by atoms with Crippen LogP contribution in [0.1, 0.15) is 6.92 Å². The number of piperazine rings is 1. The van der Waals surface area contributed by atoms with Crippen LogP contribution < -0.4 is 10.6 Å². The highest BCUT2D eigenvalue weighted by Gasteiger charge is 2.17. The first-order valence-corrected chi connectivity index (χ1v) is 6.64. The van der Waals surface area contributed by atoms with E-state index in [-0.39, 0.29) is 12.5 Å². The highest BCUT2D eigenvalue weighted by atomic mass is 32.1. The molecule has 1 heterocycles. The Bertz CT molecular complexity index is 280. The SMILES string of the molecule is CC(=O)NCCNC(=S)N1CCN(CCO)CC1. The number of thiocarbonyl (C=S) groups is 1. The molecular formula is C11H22N4O2S. The van der Waals surface area contributed by atoms with E-state index in [9.17, 15) is 4.79 Å². The lowest BCUT2D eigenvalue weighted by atomic mass is 10.3. The van der Waals surface area contributed by atoms with E-state index in [1.165, 1.54) is 6.92 Å². The Hall–Kier alpha value is -0.920. The van der Waals surface area contributed by atoms with E-state index in [1.807, 2.05) is 0 Å². The molecule has 1 amide bonds. The van der Waals surface area contributed by atoms with Crippen molar-refractivity contribution in [3.05, 3.63) is 0 Å². The number of nitrogens with one attached hydrogen (secondary N) is 2. The minimum Gasteiger partial charge on any atom is -0.395 e. The first-order valence-electron chi connectivity index (χ1n) is 6.24. The van der Waals surface area contributed by atoms with Crippen LogP contribution in [0.3, 0.4) is 0 Å². The summed E-state index contributed by atoms with van der Waals surface area (Å²) in [7, 11) is 0. The van der Waals surface area contributed by atoms with Crippen molar-refractivity contribution in [2.75, 3.05) is 52.4 Å². The maximum Gasteiger partial charge on any atom is 0.216 e. The molecule has 0 saturated carbocycles. The third-order valence-corrected chi connectivity index (χ3v) is 3.25. The third-order valence-electron chi connectivity index (χ3n) is 2.85. The van der Waals surface area contributed by atoms with Gasteiger partial charge in [0.15, 0.2) is 5.11 Å². The molecule has 1 saturated heterocycles. The van der Waals surface area contributed by atoms with E-state index in [0.29, 0.717) is 13.1 Å². The summed E-state index contributed by atoms with van der Waals surface area (Å²) in [5, 5.41) is 15.4. The van der Waals surface area contributed by atoms with Crippen molar-refractivity contribution in [2.24, 2.45) is 0 Å². The van der Waals surface area contributed by atoms with E-state index >= 15 is 0 Å². The molecule has 1 rings (SSSR count). The number of hydrogen-bond donors (Lipinski definition) is 3. The molecule has 0 aromatic carbocycles. The van der Waals surface area contributed by atoms with Gasteiger partial charge in [0, 0.05) is 52.7 Å². The number of aliphatic hydroxyl groups is 1. The smallest absolute Gasteiger partial charge is 0.216 e. The van der Waals surface area contributed by atoms with Gasteiger partial charge in [0.1, 0.15) is 0 Å². The van der Waals surface area contributed by atoms with Crippen LogP contribution in [-0.2, 0) is 4.79 Å². The highest BCUT2D eigenvalue weighted by molar-refractivity contribution is 7.80. The van der Waals surface area contributed by atoms with Crippen molar-refractivity contribution >= 4 is 23.2 Å². The molecule has 0 aromatic heterocycles. The van der Waals surface area contributed by atoms with Crippen molar-refractivity contribution in [2.45, 2.75) is 6.92 Å². The second-order valence-electron chi connectivity index (χ2n) is 4.27. The molecule has 0 aromatic rings. The number of carbonyl (C=O) groups is 1. The van der Waals surface area contributed by atoms with Crippen LogP contribution in [0.5, 0.6) is 0 Å². The van der Waals surface area contributed by atoms with E-state index < -0.39 is 0 Å². The van der Waals surface area contributed by atoms with Gasteiger partial charge in [-0.1, -0.05) is 0 Å². The van der Waals surface area contributed by atoms with Crippen LogP contribution in [0.25, 0.3) is 0 Å². The zero-order valence-electron chi connectivity index (χ0n) is 10.8. The first kappa shape index (κ1) is 15.1. The molecule has 18 heavy (non-hydrogen) atoms. The van der Waals surface area contributed by atoms with Gasteiger partial charge in [0.2, 0.25) is 5.91 Å². The molecule has 0 radical (unpaired) electrons. The van der Waals surface area contributed by atoms with Gasteiger partial charge in [0.05, 0.1) is 6.61 Å². The fraction of sp³-hybridized carbons (Fsp3) is 0.818. The molecule has 6 nitrogen and oxygen atoms in total. The van der Waals surface area contributed by atoms with Gasteiger partial charge in [-0.3, -0.25) is 9.69 Å². The molecule has 3 N–H and O–H groups in total. The summed E-state index contributed by atoms with van der Waals surface area (Å²) in [6, 6.07) is 0. The molecule has 0 spiro atoms. The minimum atomic E-state index is -0.0275. The Morgan fingerprint density at radius 1 is 1.22 bits per heavy atom. The van der Waals surface area contributed by atoms with Gasteiger partial charge in [-0.25, -0.2) is 0 Å².